The summed E-state index contributed by atoms with van der Waals surface area (Å²) in [7, 11) is 1.23. The lowest BCUT2D eigenvalue weighted by atomic mass is 10.2. The fraction of sp³-hybridized carbons (Fsp3) is 0.0345. The number of anilines is 3. The summed E-state index contributed by atoms with van der Waals surface area (Å²) in [5.74, 6) is -1.98. The zero-order valence-electron chi connectivity index (χ0n) is 21.5. The van der Waals surface area contributed by atoms with E-state index in [-0.39, 0.29) is 40.2 Å². The Labute approximate surface area is 232 Å². The Morgan fingerprint density at radius 1 is 0.512 bits per heavy atom. The molecule has 3 amide bonds. The van der Waals surface area contributed by atoms with Gasteiger partial charge in [0.1, 0.15) is 34.5 Å². The number of benzene rings is 1. The van der Waals surface area contributed by atoms with Crippen LogP contribution < -0.4 is 16.0 Å². The molecule has 12 nitrogen and oxygen atoms in total. The Balaban J connectivity index is 1.25. The second-order valence-corrected chi connectivity index (χ2v) is 8.47. The summed E-state index contributed by atoms with van der Waals surface area (Å²) in [5, 5.41) is 8.69. The molecule has 4 aromatic heterocycles. The van der Waals surface area contributed by atoms with Crippen LogP contribution in [-0.4, -0.2) is 50.7 Å². The highest BCUT2D eigenvalue weighted by Gasteiger charge is 2.15. The SMILES string of the molecule is COC(=O)c1cccc(NC(=O)c2cccc(NC(=O)c3cccc(NC(=O)c4ccc5ccccc5n4)n3)n2)n1. The Morgan fingerprint density at radius 2 is 0.976 bits per heavy atom. The molecule has 12 heteroatoms. The number of pyridine rings is 4. The number of carbonyl (C=O) groups is 4. The Kier molecular flexibility index (Phi) is 7.63. The van der Waals surface area contributed by atoms with Gasteiger partial charge < -0.3 is 20.7 Å². The van der Waals surface area contributed by atoms with Crippen molar-refractivity contribution in [2.75, 3.05) is 23.1 Å². The van der Waals surface area contributed by atoms with Crippen molar-refractivity contribution < 1.29 is 23.9 Å². The van der Waals surface area contributed by atoms with Gasteiger partial charge in [0.2, 0.25) is 0 Å². The highest BCUT2D eigenvalue weighted by atomic mass is 16.5. The van der Waals surface area contributed by atoms with Gasteiger partial charge in [-0.2, -0.15) is 0 Å². The molecule has 0 aliphatic heterocycles. The van der Waals surface area contributed by atoms with Gasteiger partial charge in [0, 0.05) is 5.39 Å². The van der Waals surface area contributed by atoms with Crippen molar-refractivity contribution in [1.29, 1.82) is 0 Å². The van der Waals surface area contributed by atoms with Crippen molar-refractivity contribution in [2.24, 2.45) is 0 Å². The number of hydrogen-bond donors (Lipinski definition) is 3. The van der Waals surface area contributed by atoms with E-state index in [1.54, 1.807) is 36.4 Å². The number of hydrogen-bond acceptors (Lipinski definition) is 9. The maximum absolute atomic E-state index is 12.9. The normalized spacial score (nSPS) is 10.5. The van der Waals surface area contributed by atoms with E-state index in [0.29, 0.717) is 5.52 Å². The second-order valence-electron chi connectivity index (χ2n) is 8.47. The Morgan fingerprint density at radius 3 is 1.51 bits per heavy atom. The number of methoxy groups -OCH3 is 1. The van der Waals surface area contributed by atoms with E-state index in [0.717, 1.165) is 5.39 Å². The van der Waals surface area contributed by atoms with Crippen molar-refractivity contribution in [1.82, 2.24) is 19.9 Å². The molecule has 0 fully saturated rings. The molecule has 0 atom stereocenters. The van der Waals surface area contributed by atoms with Gasteiger partial charge in [0.15, 0.2) is 5.69 Å². The molecule has 0 saturated heterocycles. The number of nitrogens with zero attached hydrogens (tertiary/aromatic N) is 4. The van der Waals surface area contributed by atoms with Crippen molar-refractivity contribution in [3.8, 4) is 0 Å². The minimum Gasteiger partial charge on any atom is -0.464 e. The zero-order chi connectivity index (χ0) is 28.8. The van der Waals surface area contributed by atoms with Crippen LogP contribution in [0.4, 0.5) is 17.5 Å². The highest BCUT2D eigenvalue weighted by molar-refractivity contribution is 6.06. The molecule has 0 radical (unpaired) electrons. The number of carbonyl (C=O) groups excluding carboxylic acids is 4. The number of rotatable bonds is 7. The molecule has 0 saturated carbocycles. The van der Waals surface area contributed by atoms with Crippen LogP contribution in [-0.2, 0) is 4.74 Å². The first-order valence-corrected chi connectivity index (χ1v) is 12.2. The molecule has 1 aromatic carbocycles. The average molecular weight is 548 g/mol. The van der Waals surface area contributed by atoms with Gasteiger partial charge in [-0.05, 0) is 48.5 Å². The lowest BCUT2D eigenvalue weighted by Crippen LogP contribution is -2.19. The zero-order valence-corrected chi connectivity index (χ0v) is 21.5. The molecule has 0 aliphatic rings. The van der Waals surface area contributed by atoms with Gasteiger partial charge in [-0.25, -0.2) is 24.7 Å². The summed E-state index contributed by atoms with van der Waals surface area (Å²) in [4.78, 5) is 66.8. The molecule has 0 aliphatic carbocycles. The van der Waals surface area contributed by atoms with E-state index < -0.39 is 23.7 Å². The number of aromatic nitrogens is 4. The number of ether oxygens (including phenoxy) is 1. The summed E-state index contributed by atoms with van der Waals surface area (Å²) in [6, 6.07) is 24.4. The number of para-hydroxylation sites is 1. The number of amides is 3. The third-order valence-electron chi connectivity index (χ3n) is 5.66. The van der Waals surface area contributed by atoms with Gasteiger partial charge in [-0.1, -0.05) is 42.5 Å². The van der Waals surface area contributed by atoms with Crippen LogP contribution >= 0.6 is 0 Å². The molecule has 3 N–H and O–H groups in total. The Bertz CT molecular complexity index is 1810. The van der Waals surface area contributed by atoms with Crippen molar-refractivity contribution in [3.63, 3.8) is 0 Å². The van der Waals surface area contributed by atoms with Gasteiger partial charge in [0.25, 0.3) is 17.7 Å². The maximum Gasteiger partial charge on any atom is 0.356 e. The molecule has 202 valence electrons. The number of esters is 1. The van der Waals surface area contributed by atoms with E-state index >= 15 is 0 Å². The molecule has 5 aromatic rings. The van der Waals surface area contributed by atoms with Crippen LogP contribution in [0, 0.1) is 0 Å². The first-order chi connectivity index (χ1) is 19.9. The lowest BCUT2D eigenvalue weighted by Gasteiger charge is -2.09. The average Bonchev–Trinajstić information content (AvgIpc) is 3.00. The van der Waals surface area contributed by atoms with E-state index in [4.69, 9.17) is 0 Å². The second kappa shape index (κ2) is 11.8. The monoisotopic (exact) mass is 547 g/mol. The van der Waals surface area contributed by atoms with Crippen molar-refractivity contribution in [3.05, 3.63) is 114 Å². The molecule has 0 bridgehead atoms. The first-order valence-electron chi connectivity index (χ1n) is 12.2. The molecule has 41 heavy (non-hydrogen) atoms. The topological polar surface area (TPSA) is 165 Å². The quantitative estimate of drug-likeness (QED) is 0.256. The summed E-state index contributed by atoms with van der Waals surface area (Å²) in [6.07, 6.45) is 0. The summed E-state index contributed by atoms with van der Waals surface area (Å²) in [5.41, 5.74) is 0.904. The van der Waals surface area contributed by atoms with E-state index in [1.165, 1.54) is 43.5 Å². The van der Waals surface area contributed by atoms with Crippen LogP contribution in [0.2, 0.25) is 0 Å². The third-order valence-corrected chi connectivity index (χ3v) is 5.66. The summed E-state index contributed by atoms with van der Waals surface area (Å²) >= 11 is 0. The lowest BCUT2D eigenvalue weighted by molar-refractivity contribution is 0.0593. The van der Waals surface area contributed by atoms with Gasteiger partial charge in [-0.15, -0.1) is 0 Å². The van der Waals surface area contributed by atoms with E-state index in [2.05, 4.69) is 40.6 Å². The number of nitrogens with one attached hydrogen (secondary N) is 3. The van der Waals surface area contributed by atoms with Gasteiger partial charge in [0.05, 0.1) is 12.6 Å². The summed E-state index contributed by atoms with van der Waals surface area (Å²) < 4.78 is 4.64. The van der Waals surface area contributed by atoms with Crippen LogP contribution in [0.25, 0.3) is 10.9 Å². The minimum atomic E-state index is -0.647. The molecular weight excluding hydrogens is 526 g/mol. The van der Waals surface area contributed by atoms with Crippen molar-refractivity contribution in [2.45, 2.75) is 0 Å². The standard InChI is InChI=1S/C29H21N7O5/c1-41-29(40)22-11-6-14-25(33-22)36-27(38)20-10-4-12-23(31-20)34-26(37)19-9-5-13-24(32-19)35-28(39)21-16-15-17-7-2-3-8-18(17)30-21/h2-16H,1H3,(H,31,34,37)(H,32,35,39)(H,33,36,38). The van der Waals surface area contributed by atoms with Crippen LogP contribution in [0.15, 0.2) is 91.0 Å². The smallest absolute Gasteiger partial charge is 0.356 e. The van der Waals surface area contributed by atoms with Crippen LogP contribution in [0.3, 0.4) is 0 Å². The van der Waals surface area contributed by atoms with Gasteiger partial charge >= 0.3 is 5.97 Å². The predicted octanol–water partition coefficient (Wildman–Crippen LogP) is 3.96. The fourth-order valence-corrected chi connectivity index (χ4v) is 3.72. The maximum atomic E-state index is 12.9. The van der Waals surface area contributed by atoms with E-state index in [9.17, 15) is 19.2 Å². The van der Waals surface area contributed by atoms with Crippen molar-refractivity contribution >= 4 is 52.0 Å². The molecule has 0 spiro atoms. The third kappa shape index (κ3) is 6.34. The first kappa shape index (κ1) is 26.6. The number of fused-ring (bicyclic) bond motifs is 1. The van der Waals surface area contributed by atoms with E-state index in [1.807, 2.05) is 18.2 Å². The van der Waals surface area contributed by atoms with Gasteiger partial charge in [-0.3, -0.25) is 14.4 Å². The van der Waals surface area contributed by atoms with Crippen LogP contribution in [0.1, 0.15) is 42.0 Å². The fourth-order valence-electron chi connectivity index (χ4n) is 3.72. The largest absolute Gasteiger partial charge is 0.464 e. The molecule has 0 unspecified atom stereocenters. The molecule has 5 rings (SSSR count). The molecular formula is C29H21N7O5. The predicted molar refractivity (Wildman–Crippen MR) is 150 cm³/mol. The highest BCUT2D eigenvalue weighted by Crippen LogP contribution is 2.15. The summed E-state index contributed by atoms with van der Waals surface area (Å²) in [6.45, 7) is 0. The molecule has 4 heterocycles. The minimum absolute atomic E-state index is 0.00903. The van der Waals surface area contributed by atoms with Crippen LogP contribution in [0.5, 0.6) is 0 Å². The Hall–Kier alpha value is -6.04.